The van der Waals surface area contributed by atoms with Crippen LogP contribution in [0.25, 0.3) is 0 Å². The molecule has 1 aromatic heterocycles. The molecule has 0 bridgehead atoms. The lowest BCUT2D eigenvalue weighted by molar-refractivity contribution is -0.139. The second-order valence-corrected chi connectivity index (χ2v) is 4.89. The Kier molecular flexibility index (Phi) is 4.07. The predicted molar refractivity (Wildman–Crippen MR) is 70.5 cm³/mol. The molecule has 0 aliphatic rings. The highest BCUT2D eigenvalue weighted by molar-refractivity contribution is 7.09. The number of thiazole rings is 1. The lowest BCUT2D eigenvalue weighted by atomic mass is 10.1. The smallest absolute Gasteiger partial charge is 0.325 e. The van der Waals surface area contributed by atoms with Gasteiger partial charge in [-0.3, -0.25) is 10.1 Å². The van der Waals surface area contributed by atoms with E-state index in [0.29, 0.717) is 6.54 Å². The van der Waals surface area contributed by atoms with Gasteiger partial charge in [0.2, 0.25) is 0 Å². The van der Waals surface area contributed by atoms with Gasteiger partial charge in [-0.1, -0.05) is 30.3 Å². The highest BCUT2D eigenvalue weighted by Crippen LogP contribution is 2.15. The number of carbonyl (C=O) groups is 1. The zero-order valence-electron chi connectivity index (χ0n) is 9.96. The summed E-state index contributed by atoms with van der Waals surface area (Å²) < 4.78 is 0. The summed E-state index contributed by atoms with van der Waals surface area (Å²) in [5, 5.41) is 15.1. The molecule has 1 unspecified atom stereocenters. The highest BCUT2D eigenvalue weighted by atomic mass is 32.1. The minimum absolute atomic E-state index is 0.463. The zero-order chi connectivity index (χ0) is 13.0. The predicted octanol–water partition coefficient (Wildman–Crippen LogP) is 2.37. The number of rotatable bonds is 5. The summed E-state index contributed by atoms with van der Waals surface area (Å²) in [6.07, 6.45) is 0. The van der Waals surface area contributed by atoms with Gasteiger partial charge >= 0.3 is 5.97 Å². The number of aromatic nitrogens is 1. The Labute approximate surface area is 109 Å². The summed E-state index contributed by atoms with van der Waals surface area (Å²) in [5.74, 6) is -0.880. The molecular weight excluding hydrogens is 248 g/mol. The molecule has 0 aliphatic heterocycles. The van der Waals surface area contributed by atoms with Crippen molar-refractivity contribution in [1.29, 1.82) is 0 Å². The fraction of sp³-hybridized carbons (Fsp3) is 0.231. The van der Waals surface area contributed by atoms with Gasteiger partial charge in [-0.15, -0.1) is 11.3 Å². The zero-order valence-corrected chi connectivity index (χ0v) is 10.8. The molecule has 1 atom stereocenters. The molecule has 2 aromatic rings. The molecule has 2 rings (SSSR count). The Morgan fingerprint density at radius 1 is 1.44 bits per heavy atom. The van der Waals surface area contributed by atoms with Crippen LogP contribution in [0.5, 0.6) is 0 Å². The Balaban J connectivity index is 2.06. The second-order valence-electron chi connectivity index (χ2n) is 3.95. The molecule has 0 spiro atoms. The molecule has 0 fully saturated rings. The summed E-state index contributed by atoms with van der Waals surface area (Å²) in [4.78, 5) is 15.5. The third-order valence-corrected chi connectivity index (χ3v) is 3.47. The van der Waals surface area contributed by atoms with E-state index in [9.17, 15) is 9.90 Å². The third kappa shape index (κ3) is 3.15. The minimum atomic E-state index is -0.880. The van der Waals surface area contributed by atoms with Gasteiger partial charge in [-0.05, 0) is 12.5 Å². The number of nitrogens with one attached hydrogen (secondary N) is 1. The normalized spacial score (nSPS) is 12.3. The first-order valence-corrected chi connectivity index (χ1v) is 6.47. The molecule has 0 amide bonds. The van der Waals surface area contributed by atoms with Crippen LogP contribution in [0.3, 0.4) is 0 Å². The van der Waals surface area contributed by atoms with Crippen molar-refractivity contribution in [3.8, 4) is 0 Å². The number of nitrogens with zero attached hydrogens (tertiary/aromatic N) is 1. The van der Waals surface area contributed by atoms with Crippen LogP contribution in [0.2, 0.25) is 0 Å². The Morgan fingerprint density at radius 2 is 2.17 bits per heavy atom. The molecule has 0 radical (unpaired) electrons. The number of aryl methyl sites for hydroxylation is 1. The van der Waals surface area contributed by atoms with Crippen LogP contribution in [-0.2, 0) is 11.3 Å². The maximum Gasteiger partial charge on any atom is 0.325 e. The van der Waals surface area contributed by atoms with Crippen molar-refractivity contribution < 1.29 is 9.90 Å². The highest BCUT2D eigenvalue weighted by Gasteiger charge is 2.18. The first-order valence-electron chi connectivity index (χ1n) is 5.59. The van der Waals surface area contributed by atoms with Gasteiger partial charge in [0.25, 0.3) is 0 Å². The van der Waals surface area contributed by atoms with Crippen molar-refractivity contribution in [2.24, 2.45) is 0 Å². The third-order valence-electron chi connectivity index (χ3n) is 2.50. The number of carboxylic acids is 1. The van der Waals surface area contributed by atoms with Gasteiger partial charge in [0.15, 0.2) is 0 Å². The van der Waals surface area contributed by atoms with E-state index in [2.05, 4.69) is 10.3 Å². The van der Waals surface area contributed by atoms with Crippen molar-refractivity contribution in [2.75, 3.05) is 0 Å². The molecule has 5 heteroatoms. The van der Waals surface area contributed by atoms with Crippen molar-refractivity contribution in [2.45, 2.75) is 19.5 Å². The number of carboxylic acid groups (broad SMARTS) is 1. The Morgan fingerprint density at radius 3 is 2.72 bits per heavy atom. The molecule has 18 heavy (non-hydrogen) atoms. The summed E-state index contributed by atoms with van der Waals surface area (Å²) in [7, 11) is 0. The minimum Gasteiger partial charge on any atom is -0.480 e. The van der Waals surface area contributed by atoms with E-state index < -0.39 is 12.0 Å². The lowest BCUT2D eigenvalue weighted by Gasteiger charge is -2.13. The number of aliphatic carboxylic acids is 1. The summed E-state index contributed by atoms with van der Waals surface area (Å²) in [5.41, 5.74) is 1.71. The first kappa shape index (κ1) is 12.7. The van der Waals surface area contributed by atoms with Gasteiger partial charge in [0, 0.05) is 17.6 Å². The fourth-order valence-corrected chi connectivity index (χ4v) is 2.39. The molecule has 2 N–H and O–H groups in total. The van der Waals surface area contributed by atoms with Crippen LogP contribution in [-0.4, -0.2) is 16.1 Å². The van der Waals surface area contributed by atoms with Gasteiger partial charge in [-0.25, -0.2) is 4.98 Å². The largest absolute Gasteiger partial charge is 0.480 e. The topological polar surface area (TPSA) is 62.2 Å². The van der Waals surface area contributed by atoms with Crippen LogP contribution >= 0.6 is 11.3 Å². The van der Waals surface area contributed by atoms with Gasteiger partial charge in [0.1, 0.15) is 11.0 Å². The van der Waals surface area contributed by atoms with E-state index >= 15 is 0 Å². The SMILES string of the molecule is Cc1csc(CNC(C(=O)O)c2ccccc2)n1. The Bertz CT molecular complexity index is 525. The molecule has 0 saturated carbocycles. The van der Waals surface area contributed by atoms with Crippen molar-refractivity contribution in [3.05, 3.63) is 52.0 Å². The van der Waals surface area contributed by atoms with E-state index in [1.807, 2.05) is 30.5 Å². The van der Waals surface area contributed by atoms with Crippen LogP contribution in [0.4, 0.5) is 0 Å². The Hall–Kier alpha value is -1.72. The molecule has 0 saturated heterocycles. The second kappa shape index (κ2) is 5.75. The molecule has 94 valence electrons. The van der Waals surface area contributed by atoms with E-state index in [-0.39, 0.29) is 0 Å². The van der Waals surface area contributed by atoms with Gasteiger partial charge < -0.3 is 5.11 Å². The number of hydrogen-bond acceptors (Lipinski definition) is 4. The van der Waals surface area contributed by atoms with E-state index in [0.717, 1.165) is 16.3 Å². The van der Waals surface area contributed by atoms with Crippen LogP contribution < -0.4 is 5.32 Å². The van der Waals surface area contributed by atoms with Crippen molar-refractivity contribution in [3.63, 3.8) is 0 Å². The van der Waals surface area contributed by atoms with Crippen LogP contribution in [0, 0.1) is 6.92 Å². The molecule has 4 nitrogen and oxygen atoms in total. The number of hydrogen-bond donors (Lipinski definition) is 2. The lowest BCUT2D eigenvalue weighted by Crippen LogP contribution is -2.28. The molecule has 1 heterocycles. The quantitative estimate of drug-likeness (QED) is 0.868. The van der Waals surface area contributed by atoms with E-state index in [4.69, 9.17) is 0 Å². The van der Waals surface area contributed by atoms with Crippen LogP contribution in [0.1, 0.15) is 22.3 Å². The van der Waals surface area contributed by atoms with Gasteiger partial charge in [0.05, 0.1) is 0 Å². The molecule has 0 aliphatic carbocycles. The van der Waals surface area contributed by atoms with Gasteiger partial charge in [-0.2, -0.15) is 0 Å². The van der Waals surface area contributed by atoms with Crippen molar-refractivity contribution >= 4 is 17.3 Å². The van der Waals surface area contributed by atoms with E-state index in [1.165, 1.54) is 11.3 Å². The fourth-order valence-electron chi connectivity index (χ4n) is 1.67. The average molecular weight is 262 g/mol. The molecular formula is C13H14N2O2S. The molecule has 1 aromatic carbocycles. The summed E-state index contributed by atoms with van der Waals surface area (Å²) in [6, 6.07) is 8.45. The van der Waals surface area contributed by atoms with E-state index in [1.54, 1.807) is 12.1 Å². The number of benzene rings is 1. The standard InChI is InChI=1S/C13H14N2O2S/c1-9-8-18-11(15-9)7-14-12(13(16)17)10-5-3-2-4-6-10/h2-6,8,12,14H,7H2,1H3,(H,16,17). The summed E-state index contributed by atoms with van der Waals surface area (Å²) in [6.45, 7) is 2.39. The van der Waals surface area contributed by atoms with Crippen LogP contribution in [0.15, 0.2) is 35.7 Å². The maximum absolute atomic E-state index is 11.2. The monoisotopic (exact) mass is 262 g/mol. The maximum atomic E-state index is 11.2. The average Bonchev–Trinajstić information content (AvgIpc) is 2.76. The summed E-state index contributed by atoms with van der Waals surface area (Å²) >= 11 is 1.53. The van der Waals surface area contributed by atoms with Crippen molar-refractivity contribution in [1.82, 2.24) is 10.3 Å². The first-order chi connectivity index (χ1) is 8.66.